The SMILES string of the molecule is C=C(N=C/C=C(\C)n1cnc(CN2CCNCC2)c1)C(C)F. The minimum atomic E-state index is -1.12. The first-order valence-corrected chi connectivity index (χ1v) is 7.56. The lowest BCUT2D eigenvalue weighted by Crippen LogP contribution is -2.42. The summed E-state index contributed by atoms with van der Waals surface area (Å²) in [5.41, 5.74) is 2.25. The molecule has 22 heavy (non-hydrogen) atoms. The Hall–Kier alpha value is -1.79. The van der Waals surface area contributed by atoms with E-state index in [1.807, 2.05) is 23.8 Å². The smallest absolute Gasteiger partial charge is 0.139 e. The van der Waals surface area contributed by atoms with Gasteiger partial charge in [-0.25, -0.2) is 9.37 Å². The quantitative estimate of drug-likeness (QED) is 0.819. The van der Waals surface area contributed by atoms with Crippen molar-refractivity contribution in [1.29, 1.82) is 0 Å². The molecule has 1 atom stereocenters. The highest BCUT2D eigenvalue weighted by Crippen LogP contribution is 2.08. The first-order chi connectivity index (χ1) is 10.6. The van der Waals surface area contributed by atoms with Crippen molar-refractivity contribution in [3.8, 4) is 0 Å². The average molecular weight is 305 g/mol. The number of imidazole rings is 1. The van der Waals surface area contributed by atoms with Crippen molar-refractivity contribution in [3.63, 3.8) is 0 Å². The number of hydrogen-bond acceptors (Lipinski definition) is 4. The molecule has 1 aromatic heterocycles. The molecule has 1 aliphatic rings. The monoisotopic (exact) mass is 305 g/mol. The Morgan fingerprint density at radius 1 is 1.55 bits per heavy atom. The molecule has 1 fully saturated rings. The molecule has 1 saturated heterocycles. The van der Waals surface area contributed by atoms with Crippen LogP contribution in [0.3, 0.4) is 0 Å². The number of nitrogens with zero attached hydrogens (tertiary/aromatic N) is 4. The molecule has 120 valence electrons. The molecule has 6 heteroatoms. The first-order valence-electron chi connectivity index (χ1n) is 7.56. The maximum atomic E-state index is 12.9. The number of aliphatic imine (C=N–C) groups is 1. The van der Waals surface area contributed by atoms with E-state index in [4.69, 9.17) is 0 Å². The highest BCUT2D eigenvalue weighted by atomic mass is 19.1. The molecule has 0 aliphatic carbocycles. The third-order valence-electron chi connectivity index (χ3n) is 3.65. The van der Waals surface area contributed by atoms with Gasteiger partial charge in [-0.3, -0.25) is 9.89 Å². The van der Waals surface area contributed by atoms with Crippen LogP contribution in [0.1, 0.15) is 19.5 Å². The lowest BCUT2D eigenvalue weighted by Gasteiger charge is -2.26. The van der Waals surface area contributed by atoms with Crippen LogP contribution in [-0.2, 0) is 6.54 Å². The van der Waals surface area contributed by atoms with Crippen LogP contribution >= 0.6 is 0 Å². The number of hydrogen-bond donors (Lipinski definition) is 1. The Labute approximate surface area is 131 Å². The molecule has 5 nitrogen and oxygen atoms in total. The Morgan fingerprint density at radius 3 is 2.95 bits per heavy atom. The average Bonchev–Trinajstić information content (AvgIpc) is 2.96. The van der Waals surface area contributed by atoms with E-state index in [0.29, 0.717) is 0 Å². The minimum absolute atomic E-state index is 0.231. The van der Waals surface area contributed by atoms with Gasteiger partial charge in [0.05, 0.1) is 17.7 Å². The minimum Gasteiger partial charge on any atom is -0.314 e. The first kappa shape index (κ1) is 16.6. The zero-order valence-electron chi connectivity index (χ0n) is 13.3. The van der Waals surface area contributed by atoms with Crippen LogP contribution in [0.25, 0.3) is 5.70 Å². The van der Waals surface area contributed by atoms with Crippen LogP contribution in [0.2, 0.25) is 0 Å². The van der Waals surface area contributed by atoms with Crippen molar-refractivity contribution >= 4 is 11.9 Å². The number of alkyl halides is 1. The molecule has 0 aromatic carbocycles. The maximum Gasteiger partial charge on any atom is 0.139 e. The van der Waals surface area contributed by atoms with Gasteiger partial charge in [0, 0.05) is 50.8 Å². The second-order valence-electron chi connectivity index (χ2n) is 5.49. The summed E-state index contributed by atoms with van der Waals surface area (Å²) >= 11 is 0. The molecule has 2 heterocycles. The lowest BCUT2D eigenvalue weighted by atomic mass is 10.3. The van der Waals surface area contributed by atoms with Crippen LogP contribution in [0.15, 0.2) is 35.9 Å². The summed E-state index contributed by atoms with van der Waals surface area (Å²) in [5, 5.41) is 3.34. The van der Waals surface area contributed by atoms with E-state index in [2.05, 4.69) is 26.8 Å². The van der Waals surface area contributed by atoms with Crippen molar-refractivity contribution in [2.75, 3.05) is 26.2 Å². The van der Waals surface area contributed by atoms with Gasteiger partial charge in [0.15, 0.2) is 0 Å². The van der Waals surface area contributed by atoms with Crippen molar-refractivity contribution in [2.45, 2.75) is 26.6 Å². The third-order valence-corrected chi connectivity index (χ3v) is 3.65. The highest BCUT2D eigenvalue weighted by molar-refractivity contribution is 5.79. The zero-order valence-corrected chi connectivity index (χ0v) is 13.3. The van der Waals surface area contributed by atoms with Crippen LogP contribution in [0.5, 0.6) is 0 Å². The van der Waals surface area contributed by atoms with Crippen molar-refractivity contribution in [2.24, 2.45) is 4.99 Å². The Bertz CT molecular complexity index is 553. The van der Waals surface area contributed by atoms with Gasteiger partial charge in [0.1, 0.15) is 6.17 Å². The lowest BCUT2D eigenvalue weighted by molar-refractivity contribution is 0.231. The Morgan fingerprint density at radius 2 is 2.27 bits per heavy atom. The normalized spacial score (nSPS) is 18.8. The van der Waals surface area contributed by atoms with Gasteiger partial charge < -0.3 is 9.88 Å². The largest absolute Gasteiger partial charge is 0.314 e. The van der Waals surface area contributed by atoms with Gasteiger partial charge >= 0.3 is 0 Å². The molecule has 2 rings (SSSR count). The van der Waals surface area contributed by atoms with Crippen LogP contribution in [0, 0.1) is 0 Å². The predicted molar refractivity (Wildman–Crippen MR) is 88.5 cm³/mol. The van der Waals surface area contributed by atoms with Crippen LogP contribution < -0.4 is 5.32 Å². The standard InChI is InChI=1S/C16H24FN5/c1-13(4-5-19-15(3)14(2)17)22-11-16(20-12-22)10-21-8-6-18-7-9-21/h4-5,11-12,14,18H,3,6-10H2,1-2H3/b13-4+,19-5?. The topological polar surface area (TPSA) is 45.5 Å². The fourth-order valence-corrected chi connectivity index (χ4v) is 2.17. The molecule has 0 spiro atoms. The Kier molecular flexibility index (Phi) is 6.03. The number of halogens is 1. The van der Waals surface area contributed by atoms with E-state index in [9.17, 15) is 4.39 Å². The summed E-state index contributed by atoms with van der Waals surface area (Å²) in [6.45, 7) is 12.0. The second kappa shape index (κ2) is 8.00. The molecule has 0 radical (unpaired) electrons. The van der Waals surface area contributed by atoms with E-state index >= 15 is 0 Å². The summed E-state index contributed by atoms with van der Waals surface area (Å²) in [6.07, 6.45) is 6.09. The molecule has 0 bridgehead atoms. The van der Waals surface area contributed by atoms with E-state index in [1.54, 1.807) is 12.5 Å². The molecule has 1 unspecified atom stereocenters. The molecule has 1 aromatic rings. The van der Waals surface area contributed by atoms with Crippen LogP contribution in [0.4, 0.5) is 4.39 Å². The molecule has 1 aliphatic heterocycles. The molecule has 0 saturated carbocycles. The maximum absolute atomic E-state index is 12.9. The summed E-state index contributed by atoms with van der Waals surface area (Å²) in [4.78, 5) is 10.8. The van der Waals surface area contributed by atoms with Gasteiger partial charge in [0.2, 0.25) is 0 Å². The third kappa shape index (κ3) is 4.89. The van der Waals surface area contributed by atoms with E-state index in [0.717, 1.165) is 44.1 Å². The number of aromatic nitrogens is 2. The number of piperazine rings is 1. The number of rotatable bonds is 6. The molecule has 1 N–H and O–H groups in total. The highest BCUT2D eigenvalue weighted by Gasteiger charge is 2.11. The second-order valence-corrected chi connectivity index (χ2v) is 5.49. The number of allylic oxidation sites excluding steroid dienone is 3. The van der Waals surface area contributed by atoms with Gasteiger partial charge in [0.25, 0.3) is 0 Å². The number of nitrogens with one attached hydrogen (secondary N) is 1. The summed E-state index contributed by atoms with van der Waals surface area (Å²) in [7, 11) is 0. The summed E-state index contributed by atoms with van der Waals surface area (Å²) < 4.78 is 14.9. The molecule has 0 amide bonds. The van der Waals surface area contributed by atoms with Crippen molar-refractivity contribution in [1.82, 2.24) is 19.8 Å². The summed E-state index contributed by atoms with van der Waals surface area (Å²) in [5.74, 6) is 0. The van der Waals surface area contributed by atoms with E-state index in [-0.39, 0.29) is 5.70 Å². The molecular weight excluding hydrogens is 281 g/mol. The fourth-order valence-electron chi connectivity index (χ4n) is 2.17. The van der Waals surface area contributed by atoms with Crippen molar-refractivity contribution < 1.29 is 4.39 Å². The Balaban J connectivity index is 1.93. The molecular formula is C16H24FN5. The van der Waals surface area contributed by atoms with Crippen LogP contribution in [-0.4, -0.2) is 53.0 Å². The van der Waals surface area contributed by atoms with E-state index in [1.165, 1.54) is 6.92 Å². The predicted octanol–water partition coefficient (Wildman–Crippen LogP) is 2.09. The van der Waals surface area contributed by atoms with Gasteiger partial charge in [-0.1, -0.05) is 6.58 Å². The van der Waals surface area contributed by atoms with Crippen molar-refractivity contribution in [3.05, 3.63) is 36.6 Å². The van der Waals surface area contributed by atoms with Gasteiger partial charge in [-0.2, -0.15) is 0 Å². The van der Waals surface area contributed by atoms with Gasteiger partial charge in [-0.15, -0.1) is 0 Å². The zero-order chi connectivity index (χ0) is 15.9. The van der Waals surface area contributed by atoms with E-state index < -0.39 is 6.17 Å². The summed E-state index contributed by atoms with van der Waals surface area (Å²) in [6, 6.07) is 0. The van der Waals surface area contributed by atoms with Gasteiger partial charge in [-0.05, 0) is 19.9 Å². The fraction of sp³-hybridized carbons (Fsp3) is 0.500.